The molecule has 1 aliphatic heterocycles. The fourth-order valence-electron chi connectivity index (χ4n) is 1.36. The van der Waals surface area contributed by atoms with Crippen LogP contribution in [0.3, 0.4) is 0 Å². The highest BCUT2D eigenvalue weighted by molar-refractivity contribution is 5.20. The zero-order valence-electron chi connectivity index (χ0n) is 8.02. The van der Waals surface area contributed by atoms with Gasteiger partial charge in [-0.05, 0) is 12.1 Å². The third-order valence-electron chi connectivity index (χ3n) is 2.06. The summed E-state index contributed by atoms with van der Waals surface area (Å²) >= 11 is 0. The first-order valence-electron chi connectivity index (χ1n) is 4.86. The highest BCUT2D eigenvalue weighted by Gasteiger charge is 2.15. The summed E-state index contributed by atoms with van der Waals surface area (Å²) in [6.45, 7) is 2.04. The second kappa shape index (κ2) is 4.98. The van der Waals surface area contributed by atoms with Crippen LogP contribution in [0.15, 0.2) is 30.3 Å². The van der Waals surface area contributed by atoms with Gasteiger partial charge in [-0.25, -0.2) is 0 Å². The van der Waals surface area contributed by atoms with Gasteiger partial charge in [-0.15, -0.1) is 0 Å². The molecule has 0 radical (unpaired) electrons. The molecule has 3 nitrogen and oxygen atoms in total. The van der Waals surface area contributed by atoms with Gasteiger partial charge in [-0.2, -0.15) is 0 Å². The van der Waals surface area contributed by atoms with Crippen molar-refractivity contribution in [3.8, 4) is 5.75 Å². The Balaban J connectivity index is 1.67. The van der Waals surface area contributed by atoms with Crippen molar-refractivity contribution >= 4 is 0 Å². The molecule has 76 valence electrons. The van der Waals surface area contributed by atoms with Crippen molar-refractivity contribution in [2.45, 2.75) is 12.7 Å². The molecule has 3 heteroatoms. The van der Waals surface area contributed by atoms with Crippen LogP contribution in [0.25, 0.3) is 0 Å². The third kappa shape index (κ3) is 2.72. The molecule has 1 heterocycles. The van der Waals surface area contributed by atoms with E-state index in [1.807, 2.05) is 30.3 Å². The lowest BCUT2D eigenvalue weighted by Crippen LogP contribution is -2.12. The summed E-state index contributed by atoms with van der Waals surface area (Å²) in [6.07, 6.45) is 0.716. The SMILES string of the molecule is c1ccc(OCCC2OCCO2)cc1. The molecule has 0 saturated carbocycles. The van der Waals surface area contributed by atoms with Gasteiger partial charge >= 0.3 is 0 Å². The maximum atomic E-state index is 5.51. The largest absolute Gasteiger partial charge is 0.493 e. The normalized spacial score (nSPS) is 17.1. The Morgan fingerprint density at radius 3 is 2.57 bits per heavy atom. The van der Waals surface area contributed by atoms with E-state index < -0.39 is 0 Å². The molecule has 0 spiro atoms. The third-order valence-corrected chi connectivity index (χ3v) is 2.06. The summed E-state index contributed by atoms with van der Waals surface area (Å²) in [5, 5.41) is 0. The molecule has 0 atom stereocenters. The van der Waals surface area contributed by atoms with Gasteiger partial charge in [0.15, 0.2) is 6.29 Å². The van der Waals surface area contributed by atoms with Gasteiger partial charge in [0.25, 0.3) is 0 Å². The minimum Gasteiger partial charge on any atom is -0.493 e. The van der Waals surface area contributed by atoms with Gasteiger partial charge in [0.05, 0.1) is 19.8 Å². The quantitative estimate of drug-likeness (QED) is 0.731. The van der Waals surface area contributed by atoms with E-state index in [4.69, 9.17) is 14.2 Å². The van der Waals surface area contributed by atoms with Gasteiger partial charge in [-0.3, -0.25) is 0 Å². The van der Waals surface area contributed by atoms with E-state index in [1.54, 1.807) is 0 Å². The van der Waals surface area contributed by atoms with Crippen molar-refractivity contribution in [2.75, 3.05) is 19.8 Å². The maximum absolute atomic E-state index is 5.51. The van der Waals surface area contributed by atoms with Crippen LogP contribution in [0.5, 0.6) is 5.75 Å². The van der Waals surface area contributed by atoms with Crippen LogP contribution >= 0.6 is 0 Å². The van der Waals surface area contributed by atoms with Crippen molar-refractivity contribution in [1.29, 1.82) is 0 Å². The first kappa shape index (κ1) is 9.49. The monoisotopic (exact) mass is 194 g/mol. The van der Waals surface area contributed by atoms with Crippen LogP contribution in [0, 0.1) is 0 Å². The zero-order chi connectivity index (χ0) is 9.64. The number of hydrogen-bond donors (Lipinski definition) is 0. The molecule has 1 fully saturated rings. The smallest absolute Gasteiger partial charge is 0.161 e. The molecule has 0 unspecified atom stereocenters. The average Bonchev–Trinajstić information content (AvgIpc) is 2.72. The molecule has 0 bridgehead atoms. The Kier molecular flexibility index (Phi) is 3.38. The Bertz CT molecular complexity index is 254. The summed E-state index contributed by atoms with van der Waals surface area (Å²) < 4.78 is 16.1. The van der Waals surface area contributed by atoms with Gasteiger partial charge < -0.3 is 14.2 Å². The number of benzene rings is 1. The van der Waals surface area contributed by atoms with Crippen molar-refractivity contribution in [2.24, 2.45) is 0 Å². The van der Waals surface area contributed by atoms with E-state index in [2.05, 4.69) is 0 Å². The van der Waals surface area contributed by atoms with E-state index in [-0.39, 0.29) is 6.29 Å². The fraction of sp³-hybridized carbons (Fsp3) is 0.455. The lowest BCUT2D eigenvalue weighted by atomic mass is 10.3. The molecule has 1 aromatic rings. The minimum absolute atomic E-state index is 0.0706. The molecule has 0 aliphatic carbocycles. The molecule has 1 saturated heterocycles. The molecule has 0 aromatic heterocycles. The van der Waals surface area contributed by atoms with Gasteiger partial charge in [-0.1, -0.05) is 18.2 Å². The summed E-state index contributed by atoms with van der Waals surface area (Å²) in [7, 11) is 0. The Morgan fingerprint density at radius 1 is 1.14 bits per heavy atom. The van der Waals surface area contributed by atoms with E-state index in [0.29, 0.717) is 19.8 Å². The molecule has 1 aromatic carbocycles. The predicted molar refractivity (Wildman–Crippen MR) is 52.2 cm³/mol. The lowest BCUT2D eigenvalue weighted by Gasteiger charge is -2.09. The standard InChI is InChI=1S/C11H14O3/c1-2-4-10(5-3-1)12-7-6-11-13-8-9-14-11/h1-5,11H,6-9H2. The van der Waals surface area contributed by atoms with Gasteiger partial charge in [0.1, 0.15) is 5.75 Å². The van der Waals surface area contributed by atoms with Crippen LogP contribution in [0.1, 0.15) is 6.42 Å². The van der Waals surface area contributed by atoms with E-state index in [0.717, 1.165) is 12.2 Å². The predicted octanol–water partition coefficient (Wildman–Crippen LogP) is 1.83. The molecular weight excluding hydrogens is 180 g/mol. The minimum atomic E-state index is -0.0706. The van der Waals surface area contributed by atoms with Crippen LogP contribution in [-0.2, 0) is 9.47 Å². The molecular formula is C11H14O3. The Morgan fingerprint density at radius 2 is 1.86 bits per heavy atom. The fourth-order valence-corrected chi connectivity index (χ4v) is 1.36. The number of ether oxygens (including phenoxy) is 3. The van der Waals surface area contributed by atoms with Crippen LogP contribution < -0.4 is 4.74 Å². The van der Waals surface area contributed by atoms with Crippen molar-refractivity contribution in [1.82, 2.24) is 0 Å². The summed E-state index contributed by atoms with van der Waals surface area (Å²) in [4.78, 5) is 0. The molecule has 1 aliphatic rings. The average molecular weight is 194 g/mol. The lowest BCUT2D eigenvalue weighted by molar-refractivity contribution is -0.0531. The highest BCUT2D eigenvalue weighted by atomic mass is 16.7. The van der Waals surface area contributed by atoms with E-state index in [9.17, 15) is 0 Å². The molecule has 0 N–H and O–H groups in total. The molecule has 2 rings (SSSR count). The first-order chi connectivity index (χ1) is 6.95. The second-order valence-electron chi connectivity index (χ2n) is 3.12. The molecule has 14 heavy (non-hydrogen) atoms. The van der Waals surface area contributed by atoms with Crippen LogP contribution in [0.4, 0.5) is 0 Å². The Labute approximate surface area is 83.6 Å². The van der Waals surface area contributed by atoms with E-state index in [1.165, 1.54) is 0 Å². The first-order valence-corrected chi connectivity index (χ1v) is 4.86. The van der Waals surface area contributed by atoms with Gasteiger partial charge in [0.2, 0.25) is 0 Å². The summed E-state index contributed by atoms with van der Waals surface area (Å²) in [5.41, 5.74) is 0. The van der Waals surface area contributed by atoms with Crippen LogP contribution in [0.2, 0.25) is 0 Å². The van der Waals surface area contributed by atoms with E-state index >= 15 is 0 Å². The zero-order valence-corrected chi connectivity index (χ0v) is 8.02. The molecule has 0 amide bonds. The number of hydrogen-bond acceptors (Lipinski definition) is 3. The van der Waals surface area contributed by atoms with Gasteiger partial charge in [0, 0.05) is 6.42 Å². The second-order valence-corrected chi connectivity index (χ2v) is 3.12. The number of rotatable bonds is 4. The Hall–Kier alpha value is -1.06. The van der Waals surface area contributed by atoms with Crippen molar-refractivity contribution in [3.05, 3.63) is 30.3 Å². The van der Waals surface area contributed by atoms with Crippen LogP contribution in [-0.4, -0.2) is 26.1 Å². The highest BCUT2D eigenvalue weighted by Crippen LogP contribution is 2.11. The summed E-state index contributed by atoms with van der Waals surface area (Å²) in [5.74, 6) is 0.894. The topological polar surface area (TPSA) is 27.7 Å². The number of para-hydroxylation sites is 1. The maximum Gasteiger partial charge on any atom is 0.161 e. The van der Waals surface area contributed by atoms with Crippen molar-refractivity contribution < 1.29 is 14.2 Å². The summed E-state index contributed by atoms with van der Waals surface area (Å²) in [6, 6.07) is 9.76. The van der Waals surface area contributed by atoms with Crippen molar-refractivity contribution in [3.63, 3.8) is 0 Å².